The van der Waals surface area contributed by atoms with Gasteiger partial charge in [0.15, 0.2) is 0 Å². The van der Waals surface area contributed by atoms with Crippen LogP contribution in [0.15, 0.2) is 22.0 Å². The van der Waals surface area contributed by atoms with Gasteiger partial charge in [-0.25, -0.2) is 9.78 Å². The lowest BCUT2D eigenvalue weighted by molar-refractivity contribution is -0.00513. The van der Waals surface area contributed by atoms with Gasteiger partial charge in [-0.05, 0) is 6.92 Å². The van der Waals surface area contributed by atoms with Crippen molar-refractivity contribution in [1.82, 2.24) is 24.8 Å². The number of carbonyl (C=O) groups excluding carboxylic acids is 1. The SMILES string of the molecule is Cc1cnc([C@@H]2COCCN2C(=O)c2c[nH]c(=O)[nH]c2=O)[nH]1. The molecule has 2 aromatic rings. The lowest BCUT2D eigenvalue weighted by Crippen LogP contribution is -2.45. The zero-order valence-electron chi connectivity index (χ0n) is 11.9. The highest BCUT2D eigenvalue weighted by Gasteiger charge is 2.32. The number of amides is 1. The fraction of sp³-hybridized carbons (Fsp3) is 0.385. The molecule has 1 atom stereocenters. The van der Waals surface area contributed by atoms with Crippen LogP contribution in [-0.2, 0) is 4.74 Å². The van der Waals surface area contributed by atoms with Gasteiger partial charge in [0, 0.05) is 24.6 Å². The largest absolute Gasteiger partial charge is 0.377 e. The van der Waals surface area contributed by atoms with Crippen molar-refractivity contribution < 1.29 is 9.53 Å². The zero-order valence-corrected chi connectivity index (χ0v) is 11.9. The molecule has 2 aromatic heterocycles. The monoisotopic (exact) mass is 305 g/mol. The Morgan fingerprint density at radius 3 is 2.91 bits per heavy atom. The average molecular weight is 305 g/mol. The molecule has 1 aliphatic rings. The predicted octanol–water partition coefficient (Wildman–Crippen LogP) is -0.692. The number of aryl methyl sites for hydroxylation is 1. The molecule has 116 valence electrons. The van der Waals surface area contributed by atoms with E-state index in [1.165, 1.54) is 4.90 Å². The number of hydrogen-bond acceptors (Lipinski definition) is 5. The number of aromatic amines is 3. The van der Waals surface area contributed by atoms with Crippen molar-refractivity contribution in [3.05, 3.63) is 50.3 Å². The van der Waals surface area contributed by atoms with Crippen LogP contribution in [-0.4, -0.2) is 50.5 Å². The van der Waals surface area contributed by atoms with Gasteiger partial charge in [0.2, 0.25) is 0 Å². The molecular weight excluding hydrogens is 290 g/mol. The first kappa shape index (κ1) is 14.3. The Kier molecular flexibility index (Phi) is 3.63. The zero-order chi connectivity index (χ0) is 15.7. The predicted molar refractivity (Wildman–Crippen MR) is 75.6 cm³/mol. The molecule has 1 saturated heterocycles. The fourth-order valence-corrected chi connectivity index (χ4v) is 2.40. The number of ether oxygens (including phenoxy) is 1. The third kappa shape index (κ3) is 2.58. The van der Waals surface area contributed by atoms with Crippen LogP contribution in [0.25, 0.3) is 0 Å². The molecule has 3 N–H and O–H groups in total. The average Bonchev–Trinajstić information content (AvgIpc) is 2.93. The summed E-state index contributed by atoms with van der Waals surface area (Å²) < 4.78 is 5.41. The molecule has 22 heavy (non-hydrogen) atoms. The molecule has 0 unspecified atom stereocenters. The summed E-state index contributed by atoms with van der Waals surface area (Å²) in [6.45, 7) is 2.87. The lowest BCUT2D eigenvalue weighted by atomic mass is 10.1. The normalized spacial score (nSPS) is 18.4. The molecule has 0 aromatic carbocycles. The number of aromatic nitrogens is 4. The van der Waals surface area contributed by atoms with Gasteiger partial charge in [0.05, 0.1) is 13.2 Å². The van der Waals surface area contributed by atoms with Crippen molar-refractivity contribution >= 4 is 5.91 Å². The lowest BCUT2D eigenvalue weighted by Gasteiger charge is -2.34. The van der Waals surface area contributed by atoms with Crippen molar-refractivity contribution in [2.45, 2.75) is 13.0 Å². The Hall–Kier alpha value is -2.68. The van der Waals surface area contributed by atoms with E-state index >= 15 is 0 Å². The number of nitrogens with zero attached hydrogens (tertiary/aromatic N) is 2. The second-order valence-corrected chi connectivity index (χ2v) is 5.03. The Balaban J connectivity index is 1.95. The van der Waals surface area contributed by atoms with Crippen LogP contribution in [0, 0.1) is 6.92 Å². The van der Waals surface area contributed by atoms with Gasteiger partial charge in [0.1, 0.15) is 17.4 Å². The Labute approximate surface area is 124 Å². The molecule has 9 heteroatoms. The first-order valence-electron chi connectivity index (χ1n) is 6.78. The van der Waals surface area contributed by atoms with Crippen LogP contribution in [0.3, 0.4) is 0 Å². The minimum Gasteiger partial charge on any atom is -0.377 e. The maximum Gasteiger partial charge on any atom is 0.325 e. The molecular formula is C13H15N5O4. The highest BCUT2D eigenvalue weighted by molar-refractivity contribution is 5.93. The van der Waals surface area contributed by atoms with Gasteiger partial charge >= 0.3 is 5.69 Å². The van der Waals surface area contributed by atoms with E-state index < -0.39 is 23.2 Å². The van der Waals surface area contributed by atoms with Crippen LogP contribution >= 0.6 is 0 Å². The van der Waals surface area contributed by atoms with Gasteiger partial charge in [-0.1, -0.05) is 0 Å². The maximum atomic E-state index is 12.6. The van der Waals surface area contributed by atoms with Crippen molar-refractivity contribution in [2.75, 3.05) is 19.8 Å². The van der Waals surface area contributed by atoms with Crippen LogP contribution in [0.4, 0.5) is 0 Å². The number of morpholine rings is 1. The first-order chi connectivity index (χ1) is 10.6. The van der Waals surface area contributed by atoms with Gasteiger partial charge < -0.3 is 19.6 Å². The molecule has 1 amide bonds. The van der Waals surface area contributed by atoms with Crippen LogP contribution in [0.5, 0.6) is 0 Å². The molecule has 0 aliphatic carbocycles. The van der Waals surface area contributed by atoms with Crippen LogP contribution < -0.4 is 11.2 Å². The minimum absolute atomic E-state index is 0.116. The van der Waals surface area contributed by atoms with E-state index in [1.807, 2.05) is 11.9 Å². The van der Waals surface area contributed by atoms with Crippen LogP contribution in [0.1, 0.15) is 27.9 Å². The van der Waals surface area contributed by atoms with E-state index in [4.69, 9.17) is 4.74 Å². The van der Waals surface area contributed by atoms with E-state index in [0.29, 0.717) is 25.6 Å². The summed E-state index contributed by atoms with van der Waals surface area (Å²) in [5.74, 6) is 0.131. The number of nitrogens with one attached hydrogen (secondary N) is 3. The van der Waals surface area contributed by atoms with E-state index in [1.54, 1.807) is 6.20 Å². The third-order valence-corrected chi connectivity index (χ3v) is 3.48. The van der Waals surface area contributed by atoms with Gasteiger partial charge in [-0.15, -0.1) is 0 Å². The summed E-state index contributed by atoms with van der Waals surface area (Å²) in [4.78, 5) is 48.6. The number of rotatable bonds is 2. The summed E-state index contributed by atoms with van der Waals surface area (Å²) in [5.41, 5.74) is -0.610. The highest BCUT2D eigenvalue weighted by atomic mass is 16.5. The summed E-state index contributed by atoms with van der Waals surface area (Å²) in [5, 5.41) is 0. The number of carbonyl (C=O) groups is 1. The van der Waals surface area contributed by atoms with E-state index in [0.717, 1.165) is 11.9 Å². The molecule has 0 bridgehead atoms. The number of hydrogen-bond donors (Lipinski definition) is 3. The molecule has 3 rings (SSSR count). The summed E-state index contributed by atoms with van der Waals surface area (Å²) in [6, 6.07) is -0.402. The summed E-state index contributed by atoms with van der Waals surface area (Å²) in [6.07, 6.45) is 2.79. The van der Waals surface area contributed by atoms with Crippen molar-refractivity contribution in [3.63, 3.8) is 0 Å². The van der Waals surface area contributed by atoms with Crippen molar-refractivity contribution in [3.8, 4) is 0 Å². The topological polar surface area (TPSA) is 124 Å². The standard InChI is InChI=1S/C13H15N5O4/c1-7-4-14-10(16-7)9-6-22-3-2-18(9)12(20)8-5-15-13(21)17-11(8)19/h4-5,9H,2-3,6H2,1H3,(H,14,16)(H2,15,17,19,21)/t9-/m0/s1. The van der Waals surface area contributed by atoms with E-state index in [9.17, 15) is 14.4 Å². The Morgan fingerprint density at radius 1 is 1.41 bits per heavy atom. The third-order valence-electron chi connectivity index (χ3n) is 3.48. The van der Waals surface area contributed by atoms with Crippen molar-refractivity contribution in [2.24, 2.45) is 0 Å². The number of imidazole rings is 1. The number of H-pyrrole nitrogens is 3. The molecule has 0 saturated carbocycles. The van der Waals surface area contributed by atoms with Crippen LogP contribution in [0.2, 0.25) is 0 Å². The molecule has 3 heterocycles. The second kappa shape index (κ2) is 5.60. The van der Waals surface area contributed by atoms with Gasteiger partial charge in [0.25, 0.3) is 11.5 Å². The van der Waals surface area contributed by atoms with Gasteiger partial charge in [-0.3, -0.25) is 14.6 Å². The van der Waals surface area contributed by atoms with Gasteiger partial charge in [-0.2, -0.15) is 0 Å². The molecule has 0 radical (unpaired) electrons. The van der Waals surface area contributed by atoms with E-state index in [2.05, 4.69) is 15.0 Å². The smallest absolute Gasteiger partial charge is 0.325 e. The highest BCUT2D eigenvalue weighted by Crippen LogP contribution is 2.23. The Bertz CT molecular complexity index is 805. The maximum absolute atomic E-state index is 12.6. The summed E-state index contributed by atoms with van der Waals surface area (Å²) >= 11 is 0. The summed E-state index contributed by atoms with van der Waals surface area (Å²) in [7, 11) is 0. The molecule has 1 fully saturated rings. The minimum atomic E-state index is -0.713. The van der Waals surface area contributed by atoms with Crippen molar-refractivity contribution in [1.29, 1.82) is 0 Å². The molecule has 9 nitrogen and oxygen atoms in total. The first-order valence-corrected chi connectivity index (χ1v) is 6.78. The van der Waals surface area contributed by atoms with E-state index in [-0.39, 0.29) is 5.56 Å². The fourth-order valence-electron chi connectivity index (χ4n) is 2.40. The quantitative estimate of drug-likeness (QED) is 0.677. The molecule has 0 spiro atoms. The molecule has 1 aliphatic heterocycles. The Morgan fingerprint density at radius 2 is 2.23 bits per heavy atom. The second-order valence-electron chi connectivity index (χ2n) is 5.03.